The SMILES string of the molecule is CC(=O)c1ccc(C=O)c(Br)c1C#N. The van der Waals surface area contributed by atoms with Crippen molar-refractivity contribution in [1.29, 1.82) is 5.26 Å². The van der Waals surface area contributed by atoms with Crippen molar-refractivity contribution in [2.24, 2.45) is 0 Å². The monoisotopic (exact) mass is 251 g/mol. The third kappa shape index (κ3) is 1.73. The van der Waals surface area contributed by atoms with Crippen molar-refractivity contribution in [1.82, 2.24) is 0 Å². The van der Waals surface area contributed by atoms with Gasteiger partial charge in [-0.25, -0.2) is 0 Å². The van der Waals surface area contributed by atoms with Gasteiger partial charge >= 0.3 is 0 Å². The number of rotatable bonds is 2. The maximum Gasteiger partial charge on any atom is 0.161 e. The van der Waals surface area contributed by atoms with Crippen LogP contribution in [0.5, 0.6) is 0 Å². The van der Waals surface area contributed by atoms with Gasteiger partial charge in [0, 0.05) is 15.6 Å². The summed E-state index contributed by atoms with van der Waals surface area (Å²) in [6.07, 6.45) is 0.634. The first-order chi connectivity index (χ1) is 6.61. The Bertz CT molecular complexity index is 446. The van der Waals surface area contributed by atoms with E-state index >= 15 is 0 Å². The number of hydrogen-bond acceptors (Lipinski definition) is 3. The van der Waals surface area contributed by atoms with Crippen LogP contribution < -0.4 is 0 Å². The number of nitrogens with zero attached hydrogens (tertiary/aromatic N) is 1. The highest BCUT2D eigenvalue weighted by atomic mass is 79.9. The van der Waals surface area contributed by atoms with Crippen LogP contribution in [0.4, 0.5) is 0 Å². The number of hydrogen-bond donors (Lipinski definition) is 0. The number of ketones is 1. The highest BCUT2D eigenvalue weighted by Crippen LogP contribution is 2.23. The highest BCUT2D eigenvalue weighted by Gasteiger charge is 2.13. The Balaban J connectivity index is 3.53. The molecule has 0 saturated heterocycles. The van der Waals surface area contributed by atoms with E-state index in [2.05, 4.69) is 15.9 Å². The van der Waals surface area contributed by atoms with E-state index in [4.69, 9.17) is 5.26 Å². The Labute approximate surface area is 89.5 Å². The van der Waals surface area contributed by atoms with E-state index in [1.165, 1.54) is 19.1 Å². The molecule has 0 aromatic heterocycles. The molecular weight excluding hydrogens is 246 g/mol. The maximum atomic E-state index is 11.1. The van der Waals surface area contributed by atoms with E-state index in [1.807, 2.05) is 6.07 Å². The molecule has 0 aliphatic heterocycles. The molecule has 1 aromatic rings. The molecule has 14 heavy (non-hydrogen) atoms. The summed E-state index contributed by atoms with van der Waals surface area (Å²) >= 11 is 3.11. The Hall–Kier alpha value is -1.47. The molecule has 3 nitrogen and oxygen atoms in total. The van der Waals surface area contributed by atoms with Crippen molar-refractivity contribution < 1.29 is 9.59 Å². The van der Waals surface area contributed by atoms with Crippen LogP contribution >= 0.6 is 15.9 Å². The number of carbonyl (C=O) groups is 2. The Kier molecular flexibility index (Phi) is 3.15. The van der Waals surface area contributed by atoms with Crippen molar-refractivity contribution in [3.63, 3.8) is 0 Å². The van der Waals surface area contributed by atoms with E-state index in [0.717, 1.165) is 0 Å². The predicted octanol–water partition coefficient (Wildman–Crippen LogP) is 2.34. The molecule has 0 aliphatic carbocycles. The van der Waals surface area contributed by atoms with E-state index in [9.17, 15) is 9.59 Å². The molecule has 0 unspecified atom stereocenters. The number of aldehydes is 1. The van der Waals surface area contributed by atoms with Gasteiger partial charge in [-0.05, 0) is 35.0 Å². The van der Waals surface area contributed by atoms with Crippen LogP contribution in [0.25, 0.3) is 0 Å². The van der Waals surface area contributed by atoms with Gasteiger partial charge in [0.25, 0.3) is 0 Å². The number of benzene rings is 1. The molecule has 0 radical (unpaired) electrons. The van der Waals surface area contributed by atoms with E-state index in [1.54, 1.807) is 0 Å². The third-order valence-electron chi connectivity index (χ3n) is 1.79. The summed E-state index contributed by atoms with van der Waals surface area (Å²) < 4.78 is 0.378. The van der Waals surface area contributed by atoms with E-state index in [-0.39, 0.29) is 11.3 Å². The average Bonchev–Trinajstić information content (AvgIpc) is 2.17. The molecule has 4 heteroatoms. The van der Waals surface area contributed by atoms with Gasteiger partial charge in [-0.3, -0.25) is 9.59 Å². The standard InChI is InChI=1S/C10H6BrNO2/c1-6(14)8-3-2-7(5-13)10(11)9(8)4-12/h2-3,5H,1H3. The van der Waals surface area contributed by atoms with Crippen molar-refractivity contribution in [2.45, 2.75) is 6.92 Å². The third-order valence-corrected chi connectivity index (χ3v) is 2.64. The zero-order valence-corrected chi connectivity index (χ0v) is 8.96. The molecule has 0 fully saturated rings. The van der Waals surface area contributed by atoms with Crippen molar-refractivity contribution in [3.05, 3.63) is 33.3 Å². The van der Waals surface area contributed by atoms with Crippen LogP contribution in [0.15, 0.2) is 16.6 Å². The second-order valence-corrected chi connectivity index (χ2v) is 3.47. The minimum atomic E-state index is -0.195. The molecular formula is C10H6BrNO2. The van der Waals surface area contributed by atoms with E-state index in [0.29, 0.717) is 21.9 Å². The zero-order chi connectivity index (χ0) is 10.7. The average molecular weight is 252 g/mol. The number of nitriles is 1. The topological polar surface area (TPSA) is 57.9 Å². The van der Waals surface area contributed by atoms with Gasteiger partial charge in [-0.2, -0.15) is 5.26 Å². The first-order valence-electron chi connectivity index (χ1n) is 3.80. The van der Waals surface area contributed by atoms with Crippen molar-refractivity contribution in [3.8, 4) is 6.07 Å². The number of Topliss-reactive ketones (excluding diaryl/α,β-unsaturated/α-hetero) is 1. The molecule has 0 amide bonds. The highest BCUT2D eigenvalue weighted by molar-refractivity contribution is 9.10. The Morgan fingerprint density at radius 1 is 1.57 bits per heavy atom. The fourth-order valence-electron chi connectivity index (χ4n) is 1.09. The van der Waals surface area contributed by atoms with Crippen LogP contribution in [0.3, 0.4) is 0 Å². The van der Waals surface area contributed by atoms with Crippen LogP contribution in [0, 0.1) is 11.3 Å². The van der Waals surface area contributed by atoms with Crippen molar-refractivity contribution in [2.75, 3.05) is 0 Å². The summed E-state index contributed by atoms with van der Waals surface area (Å²) in [7, 11) is 0. The van der Waals surface area contributed by atoms with Gasteiger partial charge in [0.2, 0.25) is 0 Å². The zero-order valence-electron chi connectivity index (χ0n) is 7.37. The molecule has 0 atom stereocenters. The molecule has 0 aliphatic rings. The van der Waals surface area contributed by atoms with Gasteiger partial charge in [0.05, 0.1) is 5.56 Å². The fraction of sp³-hybridized carbons (Fsp3) is 0.100. The minimum Gasteiger partial charge on any atom is -0.298 e. The molecule has 0 saturated carbocycles. The normalized spacial score (nSPS) is 9.21. The quantitative estimate of drug-likeness (QED) is 0.599. The molecule has 0 heterocycles. The smallest absolute Gasteiger partial charge is 0.161 e. The molecule has 1 rings (SSSR count). The lowest BCUT2D eigenvalue weighted by molar-refractivity contribution is 0.101. The summed E-state index contributed by atoms with van der Waals surface area (Å²) in [5.74, 6) is -0.195. The predicted molar refractivity (Wildman–Crippen MR) is 54.2 cm³/mol. The minimum absolute atomic E-state index is 0.195. The summed E-state index contributed by atoms with van der Waals surface area (Å²) in [5, 5.41) is 8.82. The fourth-order valence-corrected chi connectivity index (χ4v) is 1.61. The second kappa shape index (κ2) is 4.16. The first kappa shape index (κ1) is 10.6. The summed E-state index contributed by atoms with van der Waals surface area (Å²) in [6, 6.07) is 4.88. The van der Waals surface area contributed by atoms with Gasteiger partial charge in [0.15, 0.2) is 12.1 Å². The van der Waals surface area contributed by atoms with Gasteiger partial charge in [-0.15, -0.1) is 0 Å². The van der Waals surface area contributed by atoms with Crippen LogP contribution in [-0.2, 0) is 0 Å². The van der Waals surface area contributed by atoms with Gasteiger partial charge < -0.3 is 0 Å². The van der Waals surface area contributed by atoms with E-state index < -0.39 is 0 Å². The summed E-state index contributed by atoms with van der Waals surface area (Å²) in [5.41, 5.74) is 0.902. The molecule has 1 aromatic carbocycles. The second-order valence-electron chi connectivity index (χ2n) is 2.68. The lowest BCUT2D eigenvalue weighted by atomic mass is 10.0. The molecule has 70 valence electrons. The Morgan fingerprint density at radius 3 is 2.64 bits per heavy atom. The summed E-state index contributed by atoms with van der Waals surface area (Å²) in [4.78, 5) is 21.7. The molecule has 0 N–H and O–H groups in total. The molecule has 0 bridgehead atoms. The largest absolute Gasteiger partial charge is 0.298 e. The van der Waals surface area contributed by atoms with Crippen LogP contribution in [0.1, 0.15) is 33.2 Å². The summed E-state index contributed by atoms with van der Waals surface area (Å²) in [6.45, 7) is 1.38. The lowest BCUT2D eigenvalue weighted by Gasteiger charge is -2.03. The van der Waals surface area contributed by atoms with Crippen molar-refractivity contribution >= 4 is 28.0 Å². The number of halogens is 1. The first-order valence-corrected chi connectivity index (χ1v) is 4.59. The maximum absolute atomic E-state index is 11.1. The number of carbonyl (C=O) groups excluding carboxylic acids is 2. The van der Waals surface area contributed by atoms with Gasteiger partial charge in [-0.1, -0.05) is 0 Å². The van der Waals surface area contributed by atoms with Crippen LogP contribution in [-0.4, -0.2) is 12.1 Å². The Morgan fingerprint density at radius 2 is 2.21 bits per heavy atom. The van der Waals surface area contributed by atoms with Crippen LogP contribution in [0.2, 0.25) is 0 Å². The lowest BCUT2D eigenvalue weighted by Crippen LogP contribution is -1.99. The molecule has 0 spiro atoms. The van der Waals surface area contributed by atoms with Gasteiger partial charge in [0.1, 0.15) is 6.07 Å².